The first-order valence-electron chi connectivity index (χ1n) is 9.44. The average Bonchev–Trinajstić information content (AvgIpc) is 3.04. The predicted octanol–water partition coefficient (Wildman–Crippen LogP) is 4.10. The van der Waals surface area contributed by atoms with Gasteiger partial charge in [-0.05, 0) is 51.2 Å². The van der Waals surface area contributed by atoms with Crippen LogP contribution in [0, 0.1) is 4.77 Å². The summed E-state index contributed by atoms with van der Waals surface area (Å²) in [4.78, 5) is 28.3. The number of anilines is 1. The Morgan fingerprint density at radius 1 is 1.14 bits per heavy atom. The van der Waals surface area contributed by atoms with Crippen molar-refractivity contribution in [2.75, 3.05) is 5.32 Å². The van der Waals surface area contributed by atoms with E-state index in [-0.39, 0.29) is 22.4 Å². The maximum atomic E-state index is 13.0. The van der Waals surface area contributed by atoms with Crippen molar-refractivity contribution in [3.05, 3.63) is 50.6 Å². The van der Waals surface area contributed by atoms with Crippen molar-refractivity contribution in [2.45, 2.75) is 52.5 Å². The number of hydrogen-bond donors (Lipinski definition) is 2. The summed E-state index contributed by atoms with van der Waals surface area (Å²) in [5.74, 6) is 0.349. The summed E-state index contributed by atoms with van der Waals surface area (Å²) in [6.07, 6.45) is 0. The van der Waals surface area contributed by atoms with E-state index in [2.05, 4.69) is 31.1 Å². The molecule has 0 saturated carbocycles. The molecule has 29 heavy (non-hydrogen) atoms. The Hall–Kier alpha value is -2.74. The molecule has 8 heteroatoms. The van der Waals surface area contributed by atoms with Gasteiger partial charge in [0.1, 0.15) is 5.82 Å². The van der Waals surface area contributed by atoms with E-state index >= 15 is 0 Å². The monoisotopic (exact) mass is 413 g/mol. The average molecular weight is 414 g/mol. The molecule has 0 aliphatic rings. The number of benzene rings is 1. The van der Waals surface area contributed by atoms with Crippen LogP contribution in [0.5, 0.6) is 0 Å². The molecule has 154 valence electrons. The molecule has 0 atom stereocenters. The number of rotatable bonds is 2. The number of carbonyl (C=O) groups is 1. The topological polar surface area (TPSA) is 84.7 Å². The zero-order valence-corrected chi connectivity index (χ0v) is 18.7. The van der Waals surface area contributed by atoms with E-state index in [1.807, 2.05) is 31.5 Å². The highest BCUT2D eigenvalue weighted by Crippen LogP contribution is 2.28. The van der Waals surface area contributed by atoms with E-state index in [0.29, 0.717) is 27.1 Å². The molecule has 0 fully saturated rings. The molecule has 0 unspecified atom stereocenters. The molecule has 7 nitrogen and oxygen atoms in total. The van der Waals surface area contributed by atoms with Crippen molar-refractivity contribution in [1.29, 1.82) is 0 Å². The van der Waals surface area contributed by atoms with Crippen LogP contribution in [-0.2, 0) is 18.0 Å². The Morgan fingerprint density at radius 3 is 2.38 bits per heavy atom. The molecule has 2 N–H and O–H groups in total. The molecule has 0 bridgehead atoms. The normalized spacial score (nSPS) is 12.4. The van der Waals surface area contributed by atoms with Gasteiger partial charge in [-0.15, -0.1) is 0 Å². The van der Waals surface area contributed by atoms with Crippen LogP contribution in [0.4, 0.5) is 5.82 Å². The van der Waals surface area contributed by atoms with Gasteiger partial charge in [0, 0.05) is 24.1 Å². The van der Waals surface area contributed by atoms with Gasteiger partial charge in [-0.3, -0.25) is 14.2 Å². The Balaban J connectivity index is 2.03. The number of nitrogens with zero attached hydrogens (tertiary/aromatic N) is 3. The second-order valence-corrected chi connectivity index (χ2v) is 9.64. The fraction of sp³-hybridized carbons (Fsp3) is 0.429. The lowest BCUT2D eigenvalue weighted by molar-refractivity contribution is 0.102. The first kappa shape index (κ1) is 21.0. The lowest BCUT2D eigenvalue weighted by atomic mass is 9.92. The summed E-state index contributed by atoms with van der Waals surface area (Å²) in [5, 5.41) is 8.17. The van der Waals surface area contributed by atoms with Crippen LogP contribution in [0.15, 0.2) is 29.1 Å². The largest absolute Gasteiger partial charge is 0.332 e. The standard InChI is InChI=1S/C21H27N5O2S/c1-20(2,3)15-11-16(26(24-15)21(4,5)6)23-17(27)12-8-9-13-14(10-12)22-19(29)25(7)18(13)28/h8-11H,1-7H3,(H,22,29)(H,23,27). The van der Waals surface area contributed by atoms with Gasteiger partial charge in [-0.1, -0.05) is 20.8 Å². The SMILES string of the molecule is Cn1c(=S)[nH]c2cc(C(=O)Nc3cc(C(C)(C)C)nn3C(C)(C)C)ccc2c1=O. The van der Waals surface area contributed by atoms with Gasteiger partial charge in [0.05, 0.1) is 22.1 Å². The fourth-order valence-electron chi connectivity index (χ4n) is 2.98. The zero-order chi connectivity index (χ0) is 21.7. The van der Waals surface area contributed by atoms with Crippen molar-refractivity contribution in [2.24, 2.45) is 7.05 Å². The number of fused-ring (bicyclic) bond motifs is 1. The van der Waals surface area contributed by atoms with Gasteiger partial charge in [-0.2, -0.15) is 5.10 Å². The molecular formula is C21H27N5O2S. The third-order valence-corrected chi connectivity index (χ3v) is 5.09. The predicted molar refractivity (Wildman–Crippen MR) is 118 cm³/mol. The molecule has 0 spiro atoms. The minimum Gasteiger partial charge on any atom is -0.332 e. The molecule has 0 radical (unpaired) electrons. The molecule has 1 aromatic carbocycles. The smallest absolute Gasteiger partial charge is 0.261 e. The second kappa shape index (κ2) is 6.95. The fourth-order valence-corrected chi connectivity index (χ4v) is 3.18. The molecule has 3 aromatic rings. The molecule has 0 aliphatic carbocycles. The van der Waals surface area contributed by atoms with Gasteiger partial charge in [0.2, 0.25) is 0 Å². The van der Waals surface area contributed by atoms with E-state index in [1.165, 1.54) is 4.57 Å². The van der Waals surface area contributed by atoms with Gasteiger partial charge < -0.3 is 10.3 Å². The highest BCUT2D eigenvalue weighted by Gasteiger charge is 2.26. The molecule has 3 rings (SSSR count). The highest BCUT2D eigenvalue weighted by molar-refractivity contribution is 7.71. The zero-order valence-electron chi connectivity index (χ0n) is 17.9. The maximum Gasteiger partial charge on any atom is 0.261 e. The third kappa shape index (κ3) is 4.03. The molecular weight excluding hydrogens is 386 g/mol. The van der Waals surface area contributed by atoms with Crippen LogP contribution in [0.3, 0.4) is 0 Å². The maximum absolute atomic E-state index is 13.0. The minimum absolute atomic E-state index is 0.145. The summed E-state index contributed by atoms with van der Waals surface area (Å²) >= 11 is 5.17. The Labute approximate surface area is 174 Å². The summed E-state index contributed by atoms with van der Waals surface area (Å²) in [6.45, 7) is 12.4. The summed E-state index contributed by atoms with van der Waals surface area (Å²) in [7, 11) is 1.61. The van der Waals surface area contributed by atoms with Crippen LogP contribution in [0.1, 0.15) is 57.6 Å². The van der Waals surface area contributed by atoms with Crippen LogP contribution in [-0.4, -0.2) is 25.2 Å². The van der Waals surface area contributed by atoms with E-state index in [4.69, 9.17) is 17.3 Å². The number of H-pyrrole nitrogens is 1. The summed E-state index contributed by atoms with van der Waals surface area (Å²) in [5.41, 5.74) is 1.21. The molecule has 0 aliphatic heterocycles. The van der Waals surface area contributed by atoms with E-state index in [1.54, 1.807) is 25.2 Å². The first-order chi connectivity index (χ1) is 13.3. The number of nitrogens with one attached hydrogen (secondary N) is 2. The van der Waals surface area contributed by atoms with Gasteiger partial charge in [-0.25, -0.2) is 4.68 Å². The molecule has 1 amide bonds. The molecule has 0 saturated heterocycles. The van der Waals surface area contributed by atoms with Crippen LogP contribution in [0.2, 0.25) is 0 Å². The molecule has 2 heterocycles. The lowest BCUT2D eigenvalue weighted by Gasteiger charge is -2.23. The van der Waals surface area contributed by atoms with Gasteiger partial charge in [0.15, 0.2) is 4.77 Å². The van der Waals surface area contributed by atoms with Crippen LogP contribution < -0.4 is 10.9 Å². The van der Waals surface area contributed by atoms with E-state index in [9.17, 15) is 9.59 Å². The second-order valence-electron chi connectivity index (χ2n) is 9.26. The Morgan fingerprint density at radius 2 is 1.79 bits per heavy atom. The van der Waals surface area contributed by atoms with Crippen molar-refractivity contribution < 1.29 is 4.79 Å². The summed E-state index contributed by atoms with van der Waals surface area (Å²) in [6, 6.07) is 6.83. The number of hydrogen-bond acceptors (Lipinski definition) is 4. The summed E-state index contributed by atoms with van der Waals surface area (Å²) < 4.78 is 3.50. The Bertz CT molecular complexity index is 1220. The van der Waals surface area contributed by atoms with Crippen LogP contribution in [0.25, 0.3) is 10.9 Å². The van der Waals surface area contributed by atoms with Gasteiger partial charge >= 0.3 is 0 Å². The van der Waals surface area contributed by atoms with E-state index in [0.717, 1.165) is 5.69 Å². The minimum atomic E-state index is -0.299. The quantitative estimate of drug-likeness (QED) is 0.620. The third-order valence-electron chi connectivity index (χ3n) is 4.72. The van der Waals surface area contributed by atoms with Crippen LogP contribution >= 0.6 is 12.2 Å². The van der Waals surface area contributed by atoms with E-state index < -0.39 is 0 Å². The van der Waals surface area contributed by atoms with Crippen molar-refractivity contribution in [1.82, 2.24) is 19.3 Å². The van der Waals surface area contributed by atoms with Crippen molar-refractivity contribution in [3.63, 3.8) is 0 Å². The number of carbonyl (C=O) groups excluding carboxylic acids is 1. The number of aromatic nitrogens is 4. The van der Waals surface area contributed by atoms with Gasteiger partial charge in [0.25, 0.3) is 11.5 Å². The lowest BCUT2D eigenvalue weighted by Crippen LogP contribution is -2.27. The number of amides is 1. The highest BCUT2D eigenvalue weighted by atomic mass is 32.1. The van der Waals surface area contributed by atoms with Crippen molar-refractivity contribution in [3.8, 4) is 0 Å². The van der Waals surface area contributed by atoms with Crippen molar-refractivity contribution >= 4 is 34.8 Å². The Kier molecular flexibility index (Phi) is 5.03. The first-order valence-corrected chi connectivity index (χ1v) is 9.85. The molecule has 2 aromatic heterocycles. The number of aromatic amines is 1.